The number of alkyl halides is 3. The molecule has 0 saturated heterocycles. The number of halogens is 3. The maximum Gasteiger partial charge on any atom is 0.405 e. The molecular weight excluding hydrogens is 261 g/mol. The van der Waals surface area contributed by atoms with Crippen molar-refractivity contribution in [2.45, 2.75) is 32.0 Å². The molecule has 4 nitrogen and oxygen atoms in total. The summed E-state index contributed by atoms with van der Waals surface area (Å²) >= 11 is 0. The highest BCUT2D eigenvalue weighted by molar-refractivity contribution is 5.93. The smallest absolute Gasteiger partial charge is 0.405 e. The Morgan fingerprint density at radius 2 is 2.11 bits per heavy atom. The molecule has 1 fully saturated rings. The van der Waals surface area contributed by atoms with Crippen LogP contribution >= 0.6 is 0 Å². The maximum atomic E-state index is 12.6. The van der Waals surface area contributed by atoms with Gasteiger partial charge in [0.1, 0.15) is 17.9 Å². The summed E-state index contributed by atoms with van der Waals surface area (Å²) in [4.78, 5) is 16.1. The molecule has 19 heavy (non-hydrogen) atoms. The number of nitrogens with zero attached hydrogens (tertiary/aromatic N) is 2. The van der Waals surface area contributed by atoms with Crippen LogP contribution in [0.1, 0.15) is 28.9 Å². The number of pyridine rings is 1. The van der Waals surface area contributed by atoms with Gasteiger partial charge in [0.05, 0.1) is 0 Å². The number of carbonyl (C=O) groups is 1. The van der Waals surface area contributed by atoms with Gasteiger partial charge in [0.2, 0.25) is 0 Å². The van der Waals surface area contributed by atoms with Gasteiger partial charge in [0.15, 0.2) is 0 Å². The number of rotatable bonds is 4. The fourth-order valence-corrected chi connectivity index (χ4v) is 1.89. The van der Waals surface area contributed by atoms with Gasteiger partial charge >= 0.3 is 12.1 Å². The van der Waals surface area contributed by atoms with Crippen LogP contribution in [0.25, 0.3) is 0 Å². The van der Waals surface area contributed by atoms with Gasteiger partial charge in [-0.05, 0) is 31.9 Å². The lowest BCUT2D eigenvalue weighted by molar-refractivity contribution is -0.120. The molecule has 0 radical (unpaired) electrons. The van der Waals surface area contributed by atoms with Crippen LogP contribution in [0.4, 0.5) is 19.0 Å². The Hall–Kier alpha value is -1.79. The SMILES string of the molecule is Cc1ccc(C(=O)O)c(N(CC(F)(F)F)C2CC2)n1. The predicted molar refractivity (Wildman–Crippen MR) is 62.4 cm³/mol. The molecule has 0 aromatic carbocycles. The Labute approximate surface area is 107 Å². The van der Waals surface area contributed by atoms with E-state index in [1.165, 1.54) is 12.1 Å². The monoisotopic (exact) mass is 274 g/mol. The number of hydrogen-bond acceptors (Lipinski definition) is 3. The highest BCUT2D eigenvalue weighted by atomic mass is 19.4. The molecule has 0 aliphatic heterocycles. The lowest BCUT2D eigenvalue weighted by atomic mass is 10.2. The van der Waals surface area contributed by atoms with Gasteiger partial charge in [-0.1, -0.05) is 0 Å². The third-order valence-corrected chi connectivity index (χ3v) is 2.85. The Kier molecular flexibility index (Phi) is 3.38. The van der Waals surface area contributed by atoms with E-state index in [0.717, 1.165) is 4.90 Å². The van der Waals surface area contributed by atoms with Crippen LogP contribution in [-0.4, -0.2) is 34.8 Å². The van der Waals surface area contributed by atoms with E-state index in [2.05, 4.69) is 4.98 Å². The second-order valence-corrected chi connectivity index (χ2v) is 4.60. The standard InChI is InChI=1S/C12H13F3N2O2/c1-7-2-5-9(11(18)19)10(16-7)17(8-3-4-8)6-12(13,14)15/h2,5,8H,3-4,6H2,1H3,(H,18,19). The number of carboxylic acids is 1. The third-order valence-electron chi connectivity index (χ3n) is 2.85. The molecule has 1 aromatic rings. The minimum absolute atomic E-state index is 0.0904. The molecule has 0 unspecified atom stereocenters. The fourth-order valence-electron chi connectivity index (χ4n) is 1.89. The first kappa shape index (κ1) is 13.6. The molecule has 1 aromatic heterocycles. The maximum absolute atomic E-state index is 12.6. The summed E-state index contributed by atoms with van der Waals surface area (Å²) in [6.45, 7) is 0.447. The third kappa shape index (κ3) is 3.36. The first-order valence-corrected chi connectivity index (χ1v) is 5.82. The Morgan fingerprint density at radius 3 is 2.58 bits per heavy atom. The molecule has 0 bridgehead atoms. The predicted octanol–water partition coefficient (Wildman–Crippen LogP) is 2.62. The van der Waals surface area contributed by atoms with Crippen molar-refractivity contribution >= 4 is 11.8 Å². The van der Waals surface area contributed by atoms with Crippen molar-refractivity contribution in [2.75, 3.05) is 11.4 Å². The highest BCUT2D eigenvalue weighted by Gasteiger charge is 2.40. The summed E-state index contributed by atoms with van der Waals surface area (Å²) in [5.74, 6) is -1.36. The second-order valence-electron chi connectivity index (χ2n) is 4.60. The van der Waals surface area contributed by atoms with E-state index in [-0.39, 0.29) is 17.4 Å². The first-order chi connectivity index (χ1) is 8.78. The molecule has 0 atom stereocenters. The Balaban J connectivity index is 2.40. The van der Waals surface area contributed by atoms with E-state index in [0.29, 0.717) is 18.5 Å². The van der Waals surface area contributed by atoms with Crippen molar-refractivity contribution in [3.05, 3.63) is 23.4 Å². The van der Waals surface area contributed by atoms with Crippen LogP contribution < -0.4 is 4.90 Å². The highest BCUT2D eigenvalue weighted by Crippen LogP contribution is 2.35. The Bertz CT molecular complexity index is 498. The molecule has 2 rings (SSSR count). The van der Waals surface area contributed by atoms with Crippen molar-refractivity contribution in [3.8, 4) is 0 Å². The normalized spacial score (nSPS) is 15.4. The van der Waals surface area contributed by atoms with Gasteiger partial charge in [0, 0.05) is 11.7 Å². The first-order valence-electron chi connectivity index (χ1n) is 5.82. The molecule has 0 amide bonds. The summed E-state index contributed by atoms with van der Waals surface area (Å²) in [6, 6.07) is 2.51. The van der Waals surface area contributed by atoms with Crippen LogP contribution in [0.15, 0.2) is 12.1 Å². The zero-order valence-electron chi connectivity index (χ0n) is 10.2. The molecule has 104 valence electrons. The zero-order chi connectivity index (χ0) is 14.2. The molecule has 0 spiro atoms. The molecule has 1 aliphatic rings. The summed E-state index contributed by atoms with van der Waals surface area (Å²) in [5, 5.41) is 9.06. The van der Waals surface area contributed by atoms with E-state index >= 15 is 0 Å². The minimum Gasteiger partial charge on any atom is -0.478 e. The summed E-state index contributed by atoms with van der Waals surface area (Å²) < 4.78 is 37.8. The summed E-state index contributed by atoms with van der Waals surface area (Å²) in [7, 11) is 0. The van der Waals surface area contributed by atoms with Crippen LogP contribution in [0.3, 0.4) is 0 Å². The van der Waals surface area contributed by atoms with E-state index < -0.39 is 18.7 Å². The topological polar surface area (TPSA) is 53.4 Å². The van der Waals surface area contributed by atoms with Gasteiger partial charge in [-0.3, -0.25) is 0 Å². The van der Waals surface area contributed by atoms with E-state index in [9.17, 15) is 18.0 Å². The number of aromatic carboxylic acids is 1. The van der Waals surface area contributed by atoms with Crippen LogP contribution in [-0.2, 0) is 0 Å². The van der Waals surface area contributed by atoms with Crippen LogP contribution in [0.5, 0.6) is 0 Å². The number of aromatic nitrogens is 1. The molecule has 7 heteroatoms. The van der Waals surface area contributed by atoms with Gasteiger partial charge < -0.3 is 10.0 Å². The quantitative estimate of drug-likeness (QED) is 0.917. The number of hydrogen-bond donors (Lipinski definition) is 1. The summed E-state index contributed by atoms with van der Waals surface area (Å²) in [5.41, 5.74) is 0.301. The lowest BCUT2D eigenvalue weighted by Crippen LogP contribution is -2.37. The van der Waals surface area contributed by atoms with Crippen molar-refractivity contribution in [1.82, 2.24) is 4.98 Å². The van der Waals surface area contributed by atoms with Crippen molar-refractivity contribution in [1.29, 1.82) is 0 Å². The lowest BCUT2D eigenvalue weighted by Gasteiger charge is -2.26. The van der Waals surface area contributed by atoms with Gasteiger partial charge in [-0.2, -0.15) is 13.2 Å². The number of carboxylic acid groups (broad SMARTS) is 1. The van der Waals surface area contributed by atoms with Crippen molar-refractivity contribution in [3.63, 3.8) is 0 Å². The van der Waals surface area contributed by atoms with Gasteiger partial charge in [-0.25, -0.2) is 9.78 Å². The van der Waals surface area contributed by atoms with Gasteiger partial charge in [0.25, 0.3) is 0 Å². The fraction of sp³-hybridized carbons (Fsp3) is 0.500. The van der Waals surface area contributed by atoms with Gasteiger partial charge in [-0.15, -0.1) is 0 Å². The second kappa shape index (κ2) is 4.71. The Morgan fingerprint density at radius 1 is 1.47 bits per heavy atom. The van der Waals surface area contributed by atoms with E-state index in [1.807, 2.05) is 0 Å². The number of anilines is 1. The van der Waals surface area contributed by atoms with E-state index in [1.54, 1.807) is 6.92 Å². The zero-order valence-corrected chi connectivity index (χ0v) is 10.2. The average Bonchev–Trinajstić information content (AvgIpc) is 3.07. The molecule has 1 heterocycles. The molecular formula is C12H13F3N2O2. The van der Waals surface area contributed by atoms with Crippen molar-refractivity contribution in [2.24, 2.45) is 0 Å². The van der Waals surface area contributed by atoms with Crippen LogP contribution in [0, 0.1) is 6.92 Å². The van der Waals surface area contributed by atoms with Crippen LogP contribution in [0.2, 0.25) is 0 Å². The number of aryl methyl sites for hydroxylation is 1. The van der Waals surface area contributed by atoms with Crippen molar-refractivity contribution < 1.29 is 23.1 Å². The summed E-state index contributed by atoms with van der Waals surface area (Å²) in [6.07, 6.45) is -3.13. The average molecular weight is 274 g/mol. The molecule has 1 saturated carbocycles. The minimum atomic E-state index is -4.39. The molecule has 1 aliphatic carbocycles. The largest absolute Gasteiger partial charge is 0.478 e. The van der Waals surface area contributed by atoms with E-state index in [4.69, 9.17) is 5.11 Å². The molecule has 1 N–H and O–H groups in total.